The van der Waals surface area contributed by atoms with E-state index in [1.54, 1.807) is 38.1 Å². The number of rotatable bonds is 3. The molecule has 1 radical (unpaired) electrons. The molecule has 0 N–H and O–H groups in total. The molecule has 25 heavy (non-hydrogen) atoms. The van der Waals surface area contributed by atoms with Crippen LogP contribution in [0.15, 0.2) is 53.4 Å². The van der Waals surface area contributed by atoms with Gasteiger partial charge in [0.1, 0.15) is 5.82 Å². The van der Waals surface area contributed by atoms with Gasteiger partial charge in [-0.1, -0.05) is 24.3 Å². The maximum atomic E-state index is 13.6. The third-order valence-corrected chi connectivity index (χ3v) is 5.34. The molecule has 0 amide bonds. The van der Waals surface area contributed by atoms with Crippen molar-refractivity contribution in [3.05, 3.63) is 65.5 Å². The van der Waals surface area contributed by atoms with Crippen molar-refractivity contribution in [2.24, 2.45) is 0 Å². The molecule has 131 valence electrons. The van der Waals surface area contributed by atoms with Gasteiger partial charge in [-0.05, 0) is 54.8 Å². The van der Waals surface area contributed by atoms with Gasteiger partial charge in [-0.25, -0.2) is 12.8 Å². The Bertz CT molecular complexity index is 944. The van der Waals surface area contributed by atoms with E-state index in [4.69, 9.17) is 4.74 Å². The minimum absolute atomic E-state index is 0.194. The van der Waals surface area contributed by atoms with Gasteiger partial charge in [0.2, 0.25) is 6.29 Å². The van der Waals surface area contributed by atoms with Gasteiger partial charge in [0.25, 0.3) is 0 Å². The summed E-state index contributed by atoms with van der Waals surface area (Å²) in [5.74, 6) is -0.436. The normalized spacial score (nSPS) is 20.1. The summed E-state index contributed by atoms with van der Waals surface area (Å²) in [6.45, 7) is 3.54. The van der Waals surface area contributed by atoms with Crippen LogP contribution in [0, 0.1) is 5.82 Å². The molecule has 0 fully saturated rings. The fourth-order valence-electron chi connectivity index (χ4n) is 3.14. The fourth-order valence-corrected chi connectivity index (χ4v) is 3.77. The summed E-state index contributed by atoms with van der Waals surface area (Å²) in [7, 11) is -3.31. The summed E-state index contributed by atoms with van der Waals surface area (Å²) in [6.07, 6.45) is -0.308. The van der Waals surface area contributed by atoms with Gasteiger partial charge in [0.15, 0.2) is 9.84 Å². The van der Waals surface area contributed by atoms with Crippen molar-refractivity contribution >= 4 is 21.0 Å². The van der Waals surface area contributed by atoms with Crippen molar-refractivity contribution in [3.63, 3.8) is 0 Å². The van der Waals surface area contributed by atoms with Crippen LogP contribution in [-0.2, 0) is 19.7 Å². The highest BCUT2D eigenvalue weighted by Gasteiger charge is 2.41. The molecule has 0 saturated carbocycles. The smallest absolute Gasteiger partial charge is 0.219 e. The predicted octanol–water partition coefficient (Wildman–Crippen LogP) is 3.71. The topological polar surface area (TPSA) is 63.3 Å². The average Bonchev–Trinajstić information content (AvgIpc) is 2.75. The van der Waals surface area contributed by atoms with Crippen molar-refractivity contribution in [2.45, 2.75) is 30.6 Å². The molecule has 6 heteroatoms. The van der Waals surface area contributed by atoms with Crippen LogP contribution in [0.3, 0.4) is 0 Å². The van der Waals surface area contributed by atoms with Gasteiger partial charge in [0.05, 0.1) is 10.5 Å². The van der Waals surface area contributed by atoms with Gasteiger partial charge in [-0.2, -0.15) is 5.11 Å². The van der Waals surface area contributed by atoms with Crippen LogP contribution in [0.4, 0.5) is 4.39 Å². The van der Waals surface area contributed by atoms with Crippen LogP contribution in [0.2, 0.25) is 0 Å². The number of ether oxygens (including phenoxy) is 1. The number of sulfone groups is 1. The Hall–Kier alpha value is -2.02. The highest BCUT2D eigenvalue weighted by Crippen LogP contribution is 2.46. The lowest BCUT2D eigenvalue weighted by Crippen LogP contribution is -2.23. The number of benzene rings is 2. The van der Waals surface area contributed by atoms with E-state index < -0.39 is 27.5 Å². The number of hydrogen-bond donors (Lipinski definition) is 0. The lowest BCUT2D eigenvalue weighted by molar-refractivity contribution is -0.134. The third-order valence-electron chi connectivity index (χ3n) is 4.22. The Morgan fingerprint density at radius 1 is 1.04 bits per heavy atom. The molecule has 4 nitrogen and oxygen atoms in total. The maximum absolute atomic E-state index is 13.6. The summed E-state index contributed by atoms with van der Waals surface area (Å²) >= 11 is 0. The molecule has 0 saturated heterocycles. The van der Waals surface area contributed by atoms with E-state index in [1.807, 2.05) is 0 Å². The summed E-state index contributed by atoms with van der Waals surface area (Å²) in [6, 6.07) is 12.1. The highest BCUT2D eigenvalue weighted by molar-refractivity contribution is 7.90. The molecule has 2 aromatic rings. The summed E-state index contributed by atoms with van der Waals surface area (Å²) in [5.41, 5.74) is 1.28. The fraction of sp³-hybridized carbons (Fsp3) is 0.263. The predicted molar refractivity (Wildman–Crippen MR) is 92.4 cm³/mol. The first-order valence-corrected chi connectivity index (χ1v) is 9.63. The van der Waals surface area contributed by atoms with Gasteiger partial charge < -0.3 is 4.74 Å². The largest absolute Gasteiger partial charge is 0.335 e. The molecule has 1 heterocycles. The molecule has 0 bridgehead atoms. The van der Waals surface area contributed by atoms with Crippen LogP contribution in [0.1, 0.15) is 25.0 Å². The summed E-state index contributed by atoms with van der Waals surface area (Å²) < 4.78 is 42.5. The Morgan fingerprint density at radius 2 is 1.68 bits per heavy atom. The van der Waals surface area contributed by atoms with Crippen LogP contribution in [-0.4, -0.2) is 26.6 Å². The second kappa shape index (κ2) is 6.05. The maximum Gasteiger partial charge on any atom is 0.219 e. The average molecular weight is 361 g/mol. The van der Waals surface area contributed by atoms with Gasteiger partial charge in [0, 0.05) is 11.8 Å². The molecule has 0 aromatic heterocycles. The van der Waals surface area contributed by atoms with E-state index in [2.05, 4.69) is 0 Å². The minimum atomic E-state index is -3.31. The molecule has 3 rings (SSSR count). The zero-order valence-electron chi connectivity index (χ0n) is 14.1. The van der Waals surface area contributed by atoms with E-state index >= 15 is 0 Å². The van der Waals surface area contributed by atoms with E-state index in [1.165, 1.54) is 24.3 Å². The highest BCUT2D eigenvalue weighted by atomic mass is 32.2. The monoisotopic (exact) mass is 361 g/mol. The molecule has 1 aliphatic rings. The van der Waals surface area contributed by atoms with Crippen LogP contribution < -0.4 is 0 Å². The first-order valence-electron chi connectivity index (χ1n) is 7.74. The lowest BCUT2D eigenvalue weighted by atomic mass is 9.87. The van der Waals surface area contributed by atoms with Crippen molar-refractivity contribution in [1.29, 1.82) is 0 Å². The van der Waals surface area contributed by atoms with Gasteiger partial charge in [-0.15, -0.1) is 0 Å². The van der Waals surface area contributed by atoms with Crippen molar-refractivity contribution in [1.82, 2.24) is 0 Å². The quantitative estimate of drug-likeness (QED) is 0.837. The molecule has 0 spiro atoms. The van der Waals surface area contributed by atoms with E-state index in [-0.39, 0.29) is 4.90 Å². The van der Waals surface area contributed by atoms with E-state index in [0.29, 0.717) is 22.3 Å². The number of hydrogen-bond acceptors (Lipinski definition) is 3. The minimum Gasteiger partial charge on any atom is -0.335 e. The second-order valence-corrected chi connectivity index (χ2v) is 8.57. The lowest BCUT2D eigenvalue weighted by Gasteiger charge is -2.22. The molecule has 1 unspecified atom stereocenters. The third kappa shape index (κ3) is 3.38. The van der Waals surface area contributed by atoms with E-state index in [9.17, 15) is 17.9 Å². The molecule has 1 atom stereocenters. The van der Waals surface area contributed by atoms with Crippen LogP contribution in [0.25, 0.3) is 11.1 Å². The molecular formula is C19H18FO4S. The molecule has 1 aliphatic heterocycles. The summed E-state index contributed by atoms with van der Waals surface area (Å²) in [4.78, 5) is 0.194. The molecular weight excluding hydrogens is 343 g/mol. The van der Waals surface area contributed by atoms with Crippen molar-refractivity contribution in [2.75, 3.05) is 6.26 Å². The standard InChI is InChI=1S/C19H18FO4S/c1-19(2)17(12-7-9-15(10-8-12)25(3,22)23)16(18(21)24-19)13-5-4-6-14(20)11-13/h4-11,18H,1-3H3. The second-order valence-electron chi connectivity index (χ2n) is 6.56. The van der Waals surface area contributed by atoms with Crippen LogP contribution >= 0.6 is 0 Å². The van der Waals surface area contributed by atoms with Crippen molar-refractivity contribution in [3.8, 4) is 0 Å². The Labute approximate surface area is 146 Å². The van der Waals surface area contributed by atoms with Gasteiger partial charge in [-0.3, -0.25) is 0 Å². The summed E-state index contributed by atoms with van der Waals surface area (Å²) in [5, 5.41) is 12.5. The number of halogens is 1. The Balaban J connectivity index is 2.20. The first kappa shape index (κ1) is 17.8. The van der Waals surface area contributed by atoms with Crippen LogP contribution in [0.5, 0.6) is 0 Å². The van der Waals surface area contributed by atoms with Crippen molar-refractivity contribution < 1.29 is 22.7 Å². The zero-order valence-corrected chi connectivity index (χ0v) is 14.9. The Kier molecular flexibility index (Phi) is 4.31. The molecule has 0 aliphatic carbocycles. The van der Waals surface area contributed by atoms with E-state index in [0.717, 1.165) is 6.26 Å². The Morgan fingerprint density at radius 3 is 2.24 bits per heavy atom. The first-order chi connectivity index (χ1) is 11.6. The zero-order chi connectivity index (χ0) is 18.4. The van der Waals surface area contributed by atoms with Gasteiger partial charge >= 0.3 is 0 Å². The SMILES string of the molecule is CC1(C)OC([O])C(c2cccc(F)c2)=C1c1ccc(S(C)(=O)=O)cc1. The molecule has 2 aromatic carbocycles.